The van der Waals surface area contributed by atoms with E-state index < -0.39 is 5.97 Å². The number of rotatable bonds is 6. The van der Waals surface area contributed by atoms with Crippen molar-refractivity contribution in [3.63, 3.8) is 0 Å². The summed E-state index contributed by atoms with van der Waals surface area (Å²) in [4.78, 5) is 13.5. The van der Waals surface area contributed by atoms with Gasteiger partial charge in [0.2, 0.25) is 0 Å². The van der Waals surface area contributed by atoms with E-state index >= 15 is 0 Å². The number of nitrogens with zero attached hydrogens (tertiary/aromatic N) is 1. The molecule has 0 aromatic rings. The minimum atomic E-state index is -0.606. The van der Waals surface area contributed by atoms with Gasteiger partial charge in [-0.2, -0.15) is 0 Å². The van der Waals surface area contributed by atoms with Gasteiger partial charge in [0.1, 0.15) is 0 Å². The van der Waals surface area contributed by atoms with Crippen LogP contribution < -0.4 is 0 Å². The summed E-state index contributed by atoms with van der Waals surface area (Å²) in [5.74, 6) is -0.0795. The maximum Gasteiger partial charge on any atom is 0.308 e. The van der Waals surface area contributed by atoms with Crippen LogP contribution in [-0.2, 0) is 4.79 Å². The third-order valence-electron chi connectivity index (χ3n) is 3.91. The molecule has 16 heavy (non-hydrogen) atoms. The molecule has 0 aromatic carbocycles. The first kappa shape index (κ1) is 13.5. The Labute approximate surface area is 98.8 Å². The molecule has 3 unspecified atom stereocenters. The summed E-state index contributed by atoms with van der Waals surface area (Å²) in [6.45, 7) is 8.59. The lowest BCUT2D eigenvalue weighted by atomic mass is 10.00. The Morgan fingerprint density at radius 3 is 2.62 bits per heavy atom. The number of hydrogen-bond acceptors (Lipinski definition) is 2. The summed E-state index contributed by atoms with van der Waals surface area (Å²) in [6, 6.07) is 0.275. The molecule has 0 saturated heterocycles. The summed E-state index contributed by atoms with van der Waals surface area (Å²) >= 11 is 0. The topological polar surface area (TPSA) is 40.5 Å². The molecule has 3 nitrogen and oxygen atoms in total. The number of hydrogen-bond donors (Lipinski definition) is 1. The highest BCUT2D eigenvalue weighted by atomic mass is 16.4. The maximum absolute atomic E-state index is 11.2. The lowest BCUT2D eigenvalue weighted by Gasteiger charge is -2.32. The van der Waals surface area contributed by atoms with Crippen molar-refractivity contribution in [2.24, 2.45) is 11.8 Å². The Kier molecular flexibility index (Phi) is 5.26. The van der Waals surface area contributed by atoms with Crippen LogP contribution >= 0.6 is 0 Å². The van der Waals surface area contributed by atoms with Crippen LogP contribution in [0.15, 0.2) is 0 Å². The molecule has 0 spiro atoms. The number of carbonyl (C=O) groups is 1. The van der Waals surface area contributed by atoms with Crippen LogP contribution in [0.2, 0.25) is 0 Å². The van der Waals surface area contributed by atoms with E-state index in [1.807, 2.05) is 0 Å². The monoisotopic (exact) mass is 227 g/mol. The second-order valence-corrected chi connectivity index (χ2v) is 5.04. The van der Waals surface area contributed by atoms with Crippen molar-refractivity contribution in [1.29, 1.82) is 0 Å². The first-order valence-electron chi connectivity index (χ1n) is 6.56. The third kappa shape index (κ3) is 3.21. The Morgan fingerprint density at radius 1 is 1.44 bits per heavy atom. The summed E-state index contributed by atoms with van der Waals surface area (Å²) in [5.41, 5.74) is 0. The van der Waals surface area contributed by atoms with E-state index in [2.05, 4.69) is 25.7 Å². The fourth-order valence-corrected chi connectivity index (χ4v) is 2.69. The van der Waals surface area contributed by atoms with Gasteiger partial charge in [-0.1, -0.05) is 33.6 Å². The summed E-state index contributed by atoms with van der Waals surface area (Å²) in [6.07, 6.45) is 4.15. The van der Waals surface area contributed by atoms with Gasteiger partial charge in [0, 0.05) is 12.6 Å². The molecule has 94 valence electrons. The molecule has 1 saturated carbocycles. The van der Waals surface area contributed by atoms with E-state index in [0.29, 0.717) is 5.92 Å². The molecule has 1 aliphatic carbocycles. The smallest absolute Gasteiger partial charge is 0.308 e. The Bertz CT molecular complexity index is 230. The summed E-state index contributed by atoms with van der Waals surface area (Å²) < 4.78 is 0. The van der Waals surface area contributed by atoms with Gasteiger partial charge >= 0.3 is 5.97 Å². The molecule has 3 atom stereocenters. The highest BCUT2D eigenvalue weighted by Gasteiger charge is 2.36. The van der Waals surface area contributed by atoms with Crippen molar-refractivity contribution >= 4 is 5.97 Å². The van der Waals surface area contributed by atoms with E-state index in [4.69, 9.17) is 0 Å². The highest BCUT2D eigenvalue weighted by molar-refractivity contribution is 5.71. The van der Waals surface area contributed by atoms with Crippen LogP contribution in [0.3, 0.4) is 0 Å². The van der Waals surface area contributed by atoms with Crippen molar-refractivity contribution in [2.75, 3.05) is 13.1 Å². The van der Waals surface area contributed by atoms with Gasteiger partial charge in [-0.05, 0) is 25.3 Å². The predicted octanol–water partition coefficient (Wildman–Crippen LogP) is 2.61. The van der Waals surface area contributed by atoms with Gasteiger partial charge in [0.25, 0.3) is 0 Å². The standard InChI is InChI=1S/C13H25NO2/c1-4-10(3)9-14(5-2)12-8-6-7-11(12)13(15)16/h10-12H,4-9H2,1-3H3,(H,15,16). The first-order valence-corrected chi connectivity index (χ1v) is 6.56. The van der Waals surface area contributed by atoms with Crippen LogP contribution in [0.5, 0.6) is 0 Å². The quantitative estimate of drug-likeness (QED) is 0.758. The van der Waals surface area contributed by atoms with Crippen molar-refractivity contribution in [3.8, 4) is 0 Å². The predicted molar refractivity (Wildman–Crippen MR) is 65.5 cm³/mol. The van der Waals surface area contributed by atoms with E-state index in [1.165, 1.54) is 6.42 Å². The Morgan fingerprint density at radius 2 is 2.12 bits per heavy atom. The van der Waals surface area contributed by atoms with E-state index in [0.717, 1.165) is 32.4 Å². The fraction of sp³-hybridized carbons (Fsp3) is 0.923. The average Bonchev–Trinajstić information content (AvgIpc) is 2.74. The molecule has 1 rings (SSSR count). The van der Waals surface area contributed by atoms with Crippen LogP contribution in [0, 0.1) is 11.8 Å². The Hall–Kier alpha value is -0.570. The number of aliphatic carboxylic acids is 1. The molecule has 0 bridgehead atoms. The minimum absolute atomic E-state index is 0.135. The average molecular weight is 227 g/mol. The molecule has 0 heterocycles. The molecule has 1 fully saturated rings. The summed E-state index contributed by atoms with van der Waals surface area (Å²) in [5, 5.41) is 9.19. The first-order chi connectivity index (χ1) is 7.60. The third-order valence-corrected chi connectivity index (χ3v) is 3.91. The molecule has 0 radical (unpaired) electrons. The van der Waals surface area contributed by atoms with Crippen molar-refractivity contribution in [3.05, 3.63) is 0 Å². The van der Waals surface area contributed by atoms with Gasteiger partial charge in [0.05, 0.1) is 5.92 Å². The zero-order valence-electron chi connectivity index (χ0n) is 10.8. The van der Waals surface area contributed by atoms with Gasteiger partial charge in [-0.25, -0.2) is 0 Å². The molecule has 0 aliphatic heterocycles. The van der Waals surface area contributed by atoms with Crippen LogP contribution in [-0.4, -0.2) is 35.1 Å². The minimum Gasteiger partial charge on any atom is -0.481 e. The summed E-state index contributed by atoms with van der Waals surface area (Å²) in [7, 11) is 0. The van der Waals surface area contributed by atoms with Crippen molar-refractivity contribution < 1.29 is 9.90 Å². The normalized spacial score (nSPS) is 27.2. The molecule has 3 heteroatoms. The second kappa shape index (κ2) is 6.24. The van der Waals surface area contributed by atoms with E-state index in [1.54, 1.807) is 0 Å². The molecule has 0 aromatic heterocycles. The van der Waals surface area contributed by atoms with Gasteiger partial charge in [-0.3, -0.25) is 9.69 Å². The van der Waals surface area contributed by atoms with E-state index in [9.17, 15) is 9.90 Å². The number of carboxylic acid groups (broad SMARTS) is 1. The zero-order valence-corrected chi connectivity index (χ0v) is 10.8. The molecule has 1 aliphatic rings. The van der Waals surface area contributed by atoms with Crippen LogP contribution in [0.4, 0.5) is 0 Å². The van der Waals surface area contributed by atoms with Crippen LogP contribution in [0.1, 0.15) is 46.5 Å². The van der Waals surface area contributed by atoms with Gasteiger partial charge < -0.3 is 5.11 Å². The molecular formula is C13H25NO2. The van der Waals surface area contributed by atoms with Gasteiger partial charge in [0.15, 0.2) is 0 Å². The lowest BCUT2D eigenvalue weighted by Crippen LogP contribution is -2.42. The highest BCUT2D eigenvalue weighted by Crippen LogP contribution is 2.30. The number of carboxylic acids is 1. The van der Waals surface area contributed by atoms with E-state index in [-0.39, 0.29) is 12.0 Å². The van der Waals surface area contributed by atoms with Gasteiger partial charge in [-0.15, -0.1) is 0 Å². The zero-order chi connectivity index (χ0) is 12.1. The van der Waals surface area contributed by atoms with Crippen molar-refractivity contribution in [2.45, 2.75) is 52.5 Å². The molecular weight excluding hydrogens is 202 g/mol. The Balaban J connectivity index is 2.60. The molecule has 0 amide bonds. The van der Waals surface area contributed by atoms with Crippen molar-refractivity contribution in [1.82, 2.24) is 4.90 Å². The lowest BCUT2D eigenvalue weighted by molar-refractivity contribution is -0.143. The second-order valence-electron chi connectivity index (χ2n) is 5.04. The maximum atomic E-state index is 11.2. The molecule has 1 N–H and O–H groups in total. The van der Waals surface area contributed by atoms with Crippen LogP contribution in [0.25, 0.3) is 0 Å². The fourth-order valence-electron chi connectivity index (χ4n) is 2.69. The largest absolute Gasteiger partial charge is 0.481 e. The SMILES string of the molecule is CCC(C)CN(CC)C1CCCC1C(=O)O.